The second kappa shape index (κ2) is 6.13. The number of carbonyl (C=O) groups excluding carboxylic acids is 1. The van der Waals surface area contributed by atoms with Crippen LogP contribution in [0.25, 0.3) is 11.3 Å². The molecule has 2 aromatic rings. The summed E-state index contributed by atoms with van der Waals surface area (Å²) in [5.41, 5.74) is 8.56. The van der Waals surface area contributed by atoms with Crippen molar-refractivity contribution in [3.8, 4) is 17.4 Å². The van der Waals surface area contributed by atoms with E-state index in [0.717, 1.165) is 11.3 Å². The molecule has 6 nitrogen and oxygen atoms in total. The summed E-state index contributed by atoms with van der Waals surface area (Å²) in [6.45, 7) is 2.15. The van der Waals surface area contributed by atoms with Crippen LogP contribution in [0.4, 0.5) is 5.82 Å². The molecule has 1 unspecified atom stereocenters. The molecular formula is C17H17N3O3. The Morgan fingerprint density at radius 3 is 3.09 bits per heavy atom. The van der Waals surface area contributed by atoms with E-state index in [1.54, 1.807) is 25.3 Å². The van der Waals surface area contributed by atoms with Crippen molar-refractivity contribution in [2.75, 3.05) is 12.3 Å². The molecule has 0 aromatic carbocycles. The number of rotatable bonds is 3. The number of aromatic nitrogens is 1. The number of nitrogens with zero attached hydrogens (tertiary/aromatic N) is 2. The molecule has 118 valence electrons. The summed E-state index contributed by atoms with van der Waals surface area (Å²) in [6, 6.07) is 5.64. The number of aryl methyl sites for hydroxylation is 1. The molecule has 0 fully saturated rings. The standard InChI is InChI=1S/C17H17N3O3/c1-2-22-17(21)10-5-6-13-11(8-10)15(14-4-3-7-23-14)12(9-18)16(19)20-13/h3-4,7,10H,2,5-6,8H2,1H3,(H2,19,20). The van der Waals surface area contributed by atoms with Gasteiger partial charge in [0, 0.05) is 11.3 Å². The molecule has 0 saturated heterocycles. The van der Waals surface area contributed by atoms with Crippen molar-refractivity contribution in [3.05, 3.63) is 35.2 Å². The predicted molar refractivity (Wildman–Crippen MR) is 83.2 cm³/mol. The lowest BCUT2D eigenvalue weighted by atomic mass is 9.82. The topological polar surface area (TPSA) is 102 Å². The lowest BCUT2D eigenvalue weighted by Gasteiger charge is -2.25. The van der Waals surface area contributed by atoms with Crippen molar-refractivity contribution in [3.63, 3.8) is 0 Å². The second-order valence-corrected chi connectivity index (χ2v) is 5.45. The molecule has 2 aromatic heterocycles. The van der Waals surface area contributed by atoms with Gasteiger partial charge in [0.2, 0.25) is 0 Å². The first kappa shape index (κ1) is 15.1. The van der Waals surface area contributed by atoms with Gasteiger partial charge in [-0.2, -0.15) is 5.26 Å². The number of fused-ring (bicyclic) bond motifs is 1. The summed E-state index contributed by atoms with van der Waals surface area (Å²) in [4.78, 5) is 16.4. The number of ether oxygens (including phenoxy) is 1. The smallest absolute Gasteiger partial charge is 0.309 e. The highest BCUT2D eigenvalue weighted by atomic mass is 16.5. The van der Waals surface area contributed by atoms with Gasteiger partial charge in [-0.3, -0.25) is 4.79 Å². The van der Waals surface area contributed by atoms with E-state index in [0.29, 0.717) is 42.8 Å². The normalized spacial score (nSPS) is 16.4. The first-order valence-electron chi connectivity index (χ1n) is 7.57. The molecule has 23 heavy (non-hydrogen) atoms. The Bertz CT molecular complexity index is 775. The maximum atomic E-state index is 12.1. The van der Waals surface area contributed by atoms with E-state index in [9.17, 15) is 10.1 Å². The van der Waals surface area contributed by atoms with Crippen molar-refractivity contribution < 1.29 is 13.9 Å². The number of esters is 1. The Morgan fingerprint density at radius 1 is 1.61 bits per heavy atom. The molecule has 0 bridgehead atoms. The minimum atomic E-state index is -0.229. The van der Waals surface area contributed by atoms with Crippen molar-refractivity contribution in [2.24, 2.45) is 5.92 Å². The van der Waals surface area contributed by atoms with Gasteiger partial charge in [0.1, 0.15) is 23.2 Å². The molecule has 1 aliphatic carbocycles. The number of pyridine rings is 1. The highest BCUT2D eigenvalue weighted by Gasteiger charge is 2.31. The van der Waals surface area contributed by atoms with Crippen LogP contribution in [0.15, 0.2) is 22.8 Å². The van der Waals surface area contributed by atoms with Crippen LogP contribution in [-0.4, -0.2) is 17.6 Å². The zero-order chi connectivity index (χ0) is 16.4. The minimum Gasteiger partial charge on any atom is -0.466 e. The highest BCUT2D eigenvalue weighted by Crippen LogP contribution is 2.37. The van der Waals surface area contributed by atoms with Crippen LogP contribution in [0.1, 0.15) is 30.2 Å². The number of hydrogen-bond acceptors (Lipinski definition) is 6. The van der Waals surface area contributed by atoms with Crippen LogP contribution in [0.2, 0.25) is 0 Å². The number of anilines is 1. The predicted octanol–water partition coefficient (Wildman–Crippen LogP) is 2.46. The lowest BCUT2D eigenvalue weighted by molar-refractivity contribution is -0.148. The minimum absolute atomic E-state index is 0.201. The van der Waals surface area contributed by atoms with Crippen LogP contribution >= 0.6 is 0 Å². The average Bonchev–Trinajstić information content (AvgIpc) is 3.07. The molecule has 1 atom stereocenters. The Morgan fingerprint density at radius 2 is 2.43 bits per heavy atom. The monoisotopic (exact) mass is 311 g/mol. The molecule has 0 amide bonds. The largest absolute Gasteiger partial charge is 0.466 e. The molecular weight excluding hydrogens is 294 g/mol. The summed E-state index contributed by atoms with van der Waals surface area (Å²) in [6.07, 6.45) is 3.32. The van der Waals surface area contributed by atoms with Crippen LogP contribution in [0, 0.1) is 17.2 Å². The Hall–Kier alpha value is -2.81. The van der Waals surface area contributed by atoms with Crippen molar-refractivity contribution >= 4 is 11.8 Å². The quantitative estimate of drug-likeness (QED) is 0.873. The van der Waals surface area contributed by atoms with E-state index in [4.69, 9.17) is 14.9 Å². The summed E-state index contributed by atoms with van der Waals surface area (Å²) in [7, 11) is 0. The van der Waals surface area contributed by atoms with Gasteiger partial charge < -0.3 is 14.9 Å². The van der Waals surface area contributed by atoms with E-state index in [-0.39, 0.29) is 17.7 Å². The third kappa shape index (κ3) is 2.66. The van der Waals surface area contributed by atoms with E-state index in [1.807, 2.05) is 0 Å². The summed E-state index contributed by atoms with van der Waals surface area (Å²) < 4.78 is 10.6. The molecule has 1 aliphatic rings. The Kier molecular flexibility index (Phi) is 4.02. The average molecular weight is 311 g/mol. The third-order valence-electron chi connectivity index (χ3n) is 4.09. The summed E-state index contributed by atoms with van der Waals surface area (Å²) in [5.74, 6) is 0.329. The zero-order valence-electron chi connectivity index (χ0n) is 12.8. The summed E-state index contributed by atoms with van der Waals surface area (Å²) >= 11 is 0. The highest BCUT2D eigenvalue weighted by molar-refractivity contribution is 5.79. The summed E-state index contributed by atoms with van der Waals surface area (Å²) in [5, 5.41) is 9.46. The first-order valence-corrected chi connectivity index (χ1v) is 7.57. The van der Waals surface area contributed by atoms with Crippen LogP contribution in [-0.2, 0) is 22.4 Å². The van der Waals surface area contributed by atoms with Crippen LogP contribution in [0.5, 0.6) is 0 Å². The number of hydrogen-bond donors (Lipinski definition) is 1. The molecule has 0 aliphatic heterocycles. The van der Waals surface area contributed by atoms with Gasteiger partial charge in [-0.15, -0.1) is 0 Å². The number of nitriles is 1. The fraction of sp³-hybridized carbons (Fsp3) is 0.353. The van der Waals surface area contributed by atoms with Gasteiger partial charge in [-0.25, -0.2) is 4.98 Å². The van der Waals surface area contributed by atoms with Crippen molar-refractivity contribution in [1.82, 2.24) is 4.98 Å². The van der Waals surface area contributed by atoms with Gasteiger partial charge >= 0.3 is 5.97 Å². The van der Waals surface area contributed by atoms with Crippen LogP contribution in [0.3, 0.4) is 0 Å². The molecule has 2 heterocycles. The maximum absolute atomic E-state index is 12.1. The van der Waals surface area contributed by atoms with E-state index >= 15 is 0 Å². The molecule has 0 spiro atoms. The van der Waals surface area contributed by atoms with E-state index < -0.39 is 0 Å². The molecule has 2 N–H and O–H groups in total. The van der Waals surface area contributed by atoms with Crippen LogP contribution < -0.4 is 5.73 Å². The number of nitrogen functional groups attached to an aromatic ring is 1. The molecule has 3 rings (SSSR count). The SMILES string of the molecule is CCOC(=O)C1CCc2nc(N)c(C#N)c(-c3ccco3)c2C1. The van der Waals surface area contributed by atoms with E-state index in [2.05, 4.69) is 11.1 Å². The fourth-order valence-electron chi connectivity index (χ4n) is 3.05. The molecule has 0 radical (unpaired) electrons. The Balaban J connectivity index is 2.11. The van der Waals surface area contributed by atoms with Crippen molar-refractivity contribution in [2.45, 2.75) is 26.2 Å². The molecule has 0 saturated carbocycles. The van der Waals surface area contributed by atoms with Gasteiger partial charge in [0.25, 0.3) is 0 Å². The van der Waals surface area contributed by atoms with Gasteiger partial charge in [-0.1, -0.05) is 0 Å². The van der Waals surface area contributed by atoms with Crippen molar-refractivity contribution in [1.29, 1.82) is 5.26 Å². The number of carbonyl (C=O) groups is 1. The number of furan rings is 1. The molecule has 6 heteroatoms. The van der Waals surface area contributed by atoms with Gasteiger partial charge in [-0.05, 0) is 43.9 Å². The Labute approximate surface area is 133 Å². The fourth-order valence-corrected chi connectivity index (χ4v) is 3.05. The maximum Gasteiger partial charge on any atom is 0.309 e. The number of nitrogens with two attached hydrogens (primary N) is 1. The van der Waals surface area contributed by atoms with Gasteiger partial charge in [0.15, 0.2) is 0 Å². The lowest BCUT2D eigenvalue weighted by Crippen LogP contribution is -2.26. The van der Waals surface area contributed by atoms with E-state index in [1.165, 1.54) is 0 Å². The zero-order valence-corrected chi connectivity index (χ0v) is 12.8. The third-order valence-corrected chi connectivity index (χ3v) is 4.09. The first-order chi connectivity index (χ1) is 11.2. The second-order valence-electron chi connectivity index (χ2n) is 5.45. The van der Waals surface area contributed by atoms with Gasteiger partial charge in [0.05, 0.1) is 18.8 Å².